The first kappa shape index (κ1) is 23.5. The highest BCUT2D eigenvalue weighted by molar-refractivity contribution is 6.30. The fourth-order valence-electron chi connectivity index (χ4n) is 5.92. The molecule has 34 heavy (non-hydrogen) atoms. The number of hydrogen-bond donors (Lipinski definition) is 2. The SMILES string of the molecule is C[C@@H]1C[C@@H](O)c2ncnc(N3CCN(C(=O)C(c4ccc(Cl)cc4)C4CCC(C)(C)N4)CC3)c21. The number of benzene rings is 1. The van der Waals surface area contributed by atoms with Gasteiger partial charge in [0.25, 0.3) is 0 Å². The maximum absolute atomic E-state index is 13.9. The molecular formula is C26H34ClN5O2. The summed E-state index contributed by atoms with van der Waals surface area (Å²) in [5.74, 6) is 1.08. The molecule has 0 saturated carbocycles. The topological polar surface area (TPSA) is 81.6 Å². The lowest BCUT2D eigenvalue weighted by atomic mass is 9.88. The van der Waals surface area contributed by atoms with Gasteiger partial charge in [-0.3, -0.25) is 4.79 Å². The molecule has 1 aliphatic carbocycles. The summed E-state index contributed by atoms with van der Waals surface area (Å²) in [7, 11) is 0. The lowest BCUT2D eigenvalue weighted by Crippen LogP contribution is -2.53. The predicted molar refractivity (Wildman–Crippen MR) is 133 cm³/mol. The van der Waals surface area contributed by atoms with Crippen molar-refractivity contribution >= 4 is 23.3 Å². The highest BCUT2D eigenvalue weighted by Crippen LogP contribution is 2.43. The van der Waals surface area contributed by atoms with Gasteiger partial charge >= 0.3 is 0 Å². The van der Waals surface area contributed by atoms with Gasteiger partial charge in [-0.1, -0.05) is 30.7 Å². The van der Waals surface area contributed by atoms with Crippen LogP contribution in [0.15, 0.2) is 30.6 Å². The quantitative estimate of drug-likeness (QED) is 0.691. The maximum atomic E-state index is 13.9. The van der Waals surface area contributed by atoms with Gasteiger partial charge in [-0.15, -0.1) is 0 Å². The first-order valence-corrected chi connectivity index (χ1v) is 12.7. The van der Waals surface area contributed by atoms with Crippen molar-refractivity contribution < 1.29 is 9.90 Å². The van der Waals surface area contributed by atoms with Gasteiger partial charge in [-0.25, -0.2) is 9.97 Å². The second-order valence-electron chi connectivity index (χ2n) is 10.7. The van der Waals surface area contributed by atoms with E-state index in [4.69, 9.17) is 11.6 Å². The van der Waals surface area contributed by atoms with E-state index in [0.717, 1.165) is 48.6 Å². The second kappa shape index (κ2) is 9.10. The van der Waals surface area contributed by atoms with Gasteiger partial charge in [0.2, 0.25) is 5.91 Å². The molecule has 0 radical (unpaired) electrons. The van der Waals surface area contributed by atoms with Gasteiger partial charge in [0.05, 0.1) is 17.7 Å². The zero-order chi connectivity index (χ0) is 24.0. The first-order valence-electron chi connectivity index (χ1n) is 12.3. The molecular weight excluding hydrogens is 450 g/mol. The van der Waals surface area contributed by atoms with E-state index in [2.05, 4.69) is 41.0 Å². The summed E-state index contributed by atoms with van der Waals surface area (Å²) in [4.78, 5) is 27.0. The van der Waals surface area contributed by atoms with Crippen molar-refractivity contribution in [3.63, 3.8) is 0 Å². The largest absolute Gasteiger partial charge is 0.387 e. The Bertz CT molecular complexity index is 1050. The molecule has 182 valence electrons. The summed E-state index contributed by atoms with van der Waals surface area (Å²) < 4.78 is 0. The number of halogens is 1. The van der Waals surface area contributed by atoms with Crippen LogP contribution in [0.1, 0.15) is 74.8 Å². The van der Waals surface area contributed by atoms with Gasteiger partial charge in [0.15, 0.2) is 0 Å². The lowest BCUT2D eigenvalue weighted by Gasteiger charge is -2.39. The average Bonchev–Trinajstić information content (AvgIpc) is 3.33. The third-order valence-corrected chi connectivity index (χ3v) is 7.98. The summed E-state index contributed by atoms with van der Waals surface area (Å²) in [6, 6.07) is 7.84. The summed E-state index contributed by atoms with van der Waals surface area (Å²) in [6.07, 6.45) is 3.74. The summed E-state index contributed by atoms with van der Waals surface area (Å²) in [5.41, 5.74) is 2.87. The molecule has 2 fully saturated rings. The number of fused-ring (bicyclic) bond motifs is 1. The van der Waals surface area contributed by atoms with Gasteiger partial charge in [0, 0.05) is 48.3 Å². The number of anilines is 1. The molecule has 0 spiro atoms. The van der Waals surface area contributed by atoms with Gasteiger partial charge < -0.3 is 20.2 Å². The molecule has 2 aromatic rings. The molecule has 2 saturated heterocycles. The minimum atomic E-state index is -0.516. The molecule has 8 heteroatoms. The molecule has 1 aromatic heterocycles. The molecule has 1 aromatic carbocycles. The van der Waals surface area contributed by atoms with Crippen molar-refractivity contribution in [1.29, 1.82) is 0 Å². The Balaban J connectivity index is 1.33. The van der Waals surface area contributed by atoms with Gasteiger partial charge in [0.1, 0.15) is 12.1 Å². The van der Waals surface area contributed by atoms with Crippen molar-refractivity contribution in [3.05, 3.63) is 52.4 Å². The Morgan fingerprint density at radius 3 is 2.53 bits per heavy atom. The maximum Gasteiger partial charge on any atom is 0.231 e. The van der Waals surface area contributed by atoms with E-state index in [-0.39, 0.29) is 29.3 Å². The number of carbonyl (C=O) groups is 1. The molecule has 3 heterocycles. The Morgan fingerprint density at radius 2 is 1.88 bits per heavy atom. The third-order valence-electron chi connectivity index (χ3n) is 7.72. The Kier molecular flexibility index (Phi) is 6.29. The number of amides is 1. The molecule has 5 rings (SSSR count). The number of hydrogen-bond acceptors (Lipinski definition) is 6. The van der Waals surface area contributed by atoms with Crippen molar-refractivity contribution in [3.8, 4) is 0 Å². The monoisotopic (exact) mass is 483 g/mol. The molecule has 4 atom stereocenters. The van der Waals surface area contributed by atoms with Crippen LogP contribution < -0.4 is 10.2 Å². The van der Waals surface area contributed by atoms with Crippen LogP contribution in [0.25, 0.3) is 0 Å². The number of aromatic nitrogens is 2. The second-order valence-corrected chi connectivity index (χ2v) is 11.1. The molecule has 1 amide bonds. The molecule has 2 aliphatic heterocycles. The van der Waals surface area contributed by atoms with Crippen molar-refractivity contribution in [2.24, 2.45) is 0 Å². The van der Waals surface area contributed by atoms with E-state index in [9.17, 15) is 9.90 Å². The van der Waals surface area contributed by atoms with E-state index >= 15 is 0 Å². The van der Waals surface area contributed by atoms with Crippen LogP contribution in [0, 0.1) is 0 Å². The lowest BCUT2D eigenvalue weighted by molar-refractivity contribution is -0.133. The Morgan fingerprint density at radius 1 is 1.18 bits per heavy atom. The summed E-state index contributed by atoms with van der Waals surface area (Å²) in [6.45, 7) is 9.25. The number of nitrogens with one attached hydrogen (secondary N) is 1. The van der Waals surface area contributed by atoms with E-state index in [1.807, 2.05) is 29.2 Å². The van der Waals surface area contributed by atoms with Crippen LogP contribution in [-0.4, -0.2) is 63.6 Å². The number of carbonyl (C=O) groups excluding carboxylic acids is 1. The van der Waals surface area contributed by atoms with Crippen LogP contribution in [0.2, 0.25) is 5.02 Å². The van der Waals surface area contributed by atoms with E-state index < -0.39 is 6.10 Å². The molecule has 7 nitrogen and oxygen atoms in total. The highest BCUT2D eigenvalue weighted by atomic mass is 35.5. The minimum absolute atomic E-state index is 0.0307. The fourth-order valence-corrected chi connectivity index (χ4v) is 6.05. The van der Waals surface area contributed by atoms with Crippen LogP contribution in [0.3, 0.4) is 0 Å². The Labute approximate surface area is 206 Å². The minimum Gasteiger partial charge on any atom is -0.387 e. The molecule has 0 bridgehead atoms. The average molecular weight is 484 g/mol. The summed E-state index contributed by atoms with van der Waals surface area (Å²) >= 11 is 6.14. The number of nitrogens with zero attached hydrogens (tertiary/aromatic N) is 4. The first-order chi connectivity index (χ1) is 16.2. The van der Waals surface area contributed by atoms with Gasteiger partial charge in [-0.05, 0) is 56.7 Å². The standard InChI is InChI=1S/C26H34ClN5O2/c1-16-14-20(33)23-21(16)24(29-15-28-23)31-10-12-32(13-11-31)25(34)22(17-4-6-18(27)7-5-17)19-8-9-26(2,3)30-19/h4-7,15-16,19-20,22,30,33H,8-14H2,1-3H3/t16-,19?,20-,22?/m1/s1. The van der Waals surface area contributed by atoms with Crippen LogP contribution in [-0.2, 0) is 4.79 Å². The normalized spacial score (nSPS) is 27.0. The van der Waals surface area contributed by atoms with E-state index in [1.54, 1.807) is 6.33 Å². The number of aliphatic hydroxyl groups is 1. The van der Waals surface area contributed by atoms with E-state index in [0.29, 0.717) is 24.5 Å². The van der Waals surface area contributed by atoms with Crippen molar-refractivity contribution in [2.75, 3.05) is 31.1 Å². The molecule has 2 N–H and O–H groups in total. The Hall–Kier alpha value is -2.22. The van der Waals surface area contributed by atoms with Crippen molar-refractivity contribution in [1.82, 2.24) is 20.2 Å². The third kappa shape index (κ3) is 4.41. The fraction of sp³-hybridized carbons (Fsp3) is 0.577. The van der Waals surface area contributed by atoms with Crippen LogP contribution >= 0.6 is 11.6 Å². The number of aliphatic hydroxyl groups excluding tert-OH is 1. The smallest absolute Gasteiger partial charge is 0.231 e. The number of rotatable bonds is 4. The van der Waals surface area contributed by atoms with Crippen LogP contribution in [0.5, 0.6) is 0 Å². The van der Waals surface area contributed by atoms with Gasteiger partial charge in [-0.2, -0.15) is 0 Å². The molecule has 3 aliphatic rings. The zero-order valence-corrected chi connectivity index (χ0v) is 20.9. The van der Waals surface area contributed by atoms with Crippen molar-refractivity contribution in [2.45, 2.75) is 69.6 Å². The highest BCUT2D eigenvalue weighted by Gasteiger charge is 2.41. The summed E-state index contributed by atoms with van der Waals surface area (Å²) in [5, 5.41) is 14.7. The van der Waals surface area contributed by atoms with E-state index in [1.165, 1.54) is 0 Å². The number of piperazine rings is 1. The predicted octanol–water partition coefficient (Wildman–Crippen LogP) is 3.63. The zero-order valence-electron chi connectivity index (χ0n) is 20.2. The van der Waals surface area contributed by atoms with Crippen LogP contribution in [0.4, 0.5) is 5.82 Å². The molecule has 2 unspecified atom stereocenters.